The normalized spacial score (nSPS) is 24.2. The van der Waals surface area contributed by atoms with E-state index in [1.165, 1.54) is 32.1 Å². The lowest BCUT2D eigenvalue weighted by molar-refractivity contribution is -0.132. The van der Waals surface area contributed by atoms with Gasteiger partial charge in [-0.1, -0.05) is 24.4 Å². The van der Waals surface area contributed by atoms with E-state index in [4.69, 9.17) is 10.9 Å². The van der Waals surface area contributed by atoms with Crippen LogP contribution in [0.25, 0.3) is 0 Å². The van der Waals surface area contributed by atoms with Crippen LogP contribution in [0.1, 0.15) is 51.4 Å². The number of amides is 1. The number of amidine groups is 1. The van der Waals surface area contributed by atoms with Gasteiger partial charge in [0.15, 0.2) is 0 Å². The van der Waals surface area contributed by atoms with Gasteiger partial charge < -0.3 is 15.8 Å². The summed E-state index contributed by atoms with van der Waals surface area (Å²) < 4.78 is 0. The Morgan fingerprint density at radius 1 is 1.17 bits per heavy atom. The van der Waals surface area contributed by atoms with Crippen LogP contribution in [0, 0.1) is 5.41 Å². The highest BCUT2D eigenvalue weighted by Crippen LogP contribution is 2.44. The molecule has 0 aromatic carbocycles. The summed E-state index contributed by atoms with van der Waals surface area (Å²) in [5, 5.41) is 11.3. The molecule has 0 aromatic heterocycles. The second kappa shape index (κ2) is 5.59. The first-order valence-corrected chi connectivity index (χ1v) is 6.89. The van der Waals surface area contributed by atoms with Gasteiger partial charge in [0.25, 0.3) is 0 Å². The number of nitrogens with zero attached hydrogens (tertiary/aromatic N) is 2. The Morgan fingerprint density at radius 3 is 2.33 bits per heavy atom. The maximum atomic E-state index is 11.9. The van der Waals surface area contributed by atoms with Crippen molar-refractivity contribution in [3.05, 3.63) is 0 Å². The molecular weight excluding hydrogens is 230 g/mol. The summed E-state index contributed by atoms with van der Waals surface area (Å²) in [6, 6.07) is 0. The largest absolute Gasteiger partial charge is 0.409 e. The molecule has 1 aliphatic heterocycles. The number of nitrogens with two attached hydrogens (primary N) is 1. The van der Waals surface area contributed by atoms with Crippen molar-refractivity contribution >= 4 is 11.7 Å². The highest BCUT2D eigenvalue weighted by molar-refractivity contribution is 5.98. The number of rotatable bonds is 2. The highest BCUT2D eigenvalue weighted by atomic mass is 16.4. The molecule has 0 atom stereocenters. The summed E-state index contributed by atoms with van der Waals surface area (Å²) in [5.74, 6) is -0.0195. The summed E-state index contributed by atoms with van der Waals surface area (Å²) in [6.07, 6.45) is 8.99. The molecule has 3 N–H and O–H groups in total. The summed E-state index contributed by atoms with van der Waals surface area (Å²) in [5.41, 5.74) is 5.87. The minimum Gasteiger partial charge on any atom is -0.409 e. The Bertz CT molecular complexity index is 325. The minimum absolute atomic E-state index is 0.00190. The summed E-state index contributed by atoms with van der Waals surface area (Å²) >= 11 is 0. The van der Waals surface area contributed by atoms with Crippen LogP contribution in [0.5, 0.6) is 0 Å². The van der Waals surface area contributed by atoms with Gasteiger partial charge in [0.1, 0.15) is 5.84 Å². The fourth-order valence-corrected chi connectivity index (χ4v) is 3.33. The van der Waals surface area contributed by atoms with Gasteiger partial charge in [0.05, 0.1) is 6.42 Å². The van der Waals surface area contributed by atoms with Gasteiger partial charge in [-0.2, -0.15) is 0 Å². The number of carbonyl (C=O) groups is 1. The molecule has 2 aliphatic rings. The van der Waals surface area contributed by atoms with Crippen molar-refractivity contribution in [2.24, 2.45) is 16.3 Å². The monoisotopic (exact) mass is 253 g/mol. The molecule has 0 unspecified atom stereocenters. The van der Waals surface area contributed by atoms with Crippen LogP contribution in [0.15, 0.2) is 5.16 Å². The van der Waals surface area contributed by atoms with Crippen molar-refractivity contribution in [3.63, 3.8) is 0 Å². The standard InChI is InChI=1S/C13H23N3O2/c14-11(15-18)10-12(17)16-8-6-13(7-9-16)4-2-1-3-5-13/h18H,1-10H2,(H2,14,15). The lowest BCUT2D eigenvalue weighted by Crippen LogP contribution is -2.44. The molecule has 18 heavy (non-hydrogen) atoms. The summed E-state index contributed by atoms with van der Waals surface area (Å²) in [4.78, 5) is 13.8. The molecule has 0 aromatic rings. The SMILES string of the molecule is NC(CC(=O)N1CCC2(CCCCC2)CC1)=NO. The Morgan fingerprint density at radius 2 is 1.78 bits per heavy atom. The Hall–Kier alpha value is -1.26. The topological polar surface area (TPSA) is 78.9 Å². The van der Waals surface area contributed by atoms with Crippen molar-refractivity contribution in [3.8, 4) is 0 Å². The molecule has 2 rings (SSSR count). The van der Waals surface area contributed by atoms with Gasteiger partial charge in [-0.15, -0.1) is 0 Å². The Balaban J connectivity index is 1.84. The molecule has 2 fully saturated rings. The molecule has 5 heteroatoms. The molecule has 5 nitrogen and oxygen atoms in total. The molecule has 1 heterocycles. The lowest BCUT2D eigenvalue weighted by Gasteiger charge is -2.44. The third kappa shape index (κ3) is 2.94. The predicted molar refractivity (Wildman–Crippen MR) is 69.4 cm³/mol. The fraction of sp³-hybridized carbons (Fsp3) is 0.846. The number of oxime groups is 1. The van der Waals surface area contributed by atoms with Crippen LogP contribution >= 0.6 is 0 Å². The number of hydrogen-bond acceptors (Lipinski definition) is 3. The quantitative estimate of drug-likeness (QED) is 0.340. The number of piperidine rings is 1. The molecule has 1 amide bonds. The van der Waals surface area contributed by atoms with Gasteiger partial charge in [0.2, 0.25) is 5.91 Å². The lowest BCUT2D eigenvalue weighted by atomic mass is 9.68. The summed E-state index contributed by atoms with van der Waals surface area (Å²) in [7, 11) is 0. The van der Waals surface area contributed by atoms with E-state index in [1.54, 1.807) is 0 Å². The minimum atomic E-state index is -0.0176. The van der Waals surface area contributed by atoms with E-state index >= 15 is 0 Å². The maximum absolute atomic E-state index is 11.9. The second-order valence-electron chi connectivity index (χ2n) is 5.71. The van der Waals surface area contributed by atoms with Crippen molar-refractivity contribution in [2.45, 2.75) is 51.4 Å². The van der Waals surface area contributed by atoms with E-state index in [0.29, 0.717) is 5.41 Å². The Labute approximate surface area is 108 Å². The molecule has 102 valence electrons. The highest BCUT2D eigenvalue weighted by Gasteiger charge is 2.36. The van der Waals surface area contributed by atoms with Crippen molar-refractivity contribution in [1.29, 1.82) is 0 Å². The van der Waals surface area contributed by atoms with E-state index in [0.717, 1.165) is 25.9 Å². The zero-order valence-corrected chi connectivity index (χ0v) is 10.9. The van der Waals surface area contributed by atoms with E-state index < -0.39 is 0 Å². The molecule has 0 radical (unpaired) electrons. The van der Waals surface area contributed by atoms with E-state index in [2.05, 4.69) is 5.16 Å². The first-order chi connectivity index (χ1) is 8.65. The summed E-state index contributed by atoms with van der Waals surface area (Å²) in [6.45, 7) is 1.66. The average molecular weight is 253 g/mol. The zero-order chi connectivity index (χ0) is 13.0. The first kappa shape index (κ1) is 13.2. The molecule has 1 saturated carbocycles. The Kier molecular flexibility index (Phi) is 4.09. The van der Waals surface area contributed by atoms with Crippen LogP contribution in [0.3, 0.4) is 0 Å². The second-order valence-corrected chi connectivity index (χ2v) is 5.71. The third-order valence-electron chi connectivity index (χ3n) is 4.55. The third-order valence-corrected chi connectivity index (χ3v) is 4.55. The smallest absolute Gasteiger partial charge is 0.230 e. The first-order valence-electron chi connectivity index (χ1n) is 6.89. The molecule has 1 aliphatic carbocycles. The van der Waals surface area contributed by atoms with E-state index in [9.17, 15) is 4.79 Å². The van der Waals surface area contributed by atoms with Crippen molar-refractivity contribution in [1.82, 2.24) is 4.90 Å². The van der Waals surface area contributed by atoms with Crippen LogP contribution in [0.2, 0.25) is 0 Å². The van der Waals surface area contributed by atoms with Gasteiger partial charge in [-0.3, -0.25) is 4.79 Å². The van der Waals surface area contributed by atoms with E-state index in [1.807, 2.05) is 4.90 Å². The number of carbonyl (C=O) groups excluding carboxylic acids is 1. The van der Waals surface area contributed by atoms with E-state index in [-0.39, 0.29) is 18.2 Å². The van der Waals surface area contributed by atoms with Gasteiger partial charge in [-0.05, 0) is 31.1 Å². The van der Waals surface area contributed by atoms with Gasteiger partial charge >= 0.3 is 0 Å². The van der Waals surface area contributed by atoms with Crippen molar-refractivity contribution in [2.75, 3.05) is 13.1 Å². The van der Waals surface area contributed by atoms with Crippen LogP contribution in [0.4, 0.5) is 0 Å². The average Bonchev–Trinajstić information content (AvgIpc) is 2.40. The van der Waals surface area contributed by atoms with Crippen LogP contribution < -0.4 is 5.73 Å². The molecule has 1 saturated heterocycles. The van der Waals surface area contributed by atoms with Crippen molar-refractivity contribution < 1.29 is 10.0 Å². The predicted octanol–water partition coefficient (Wildman–Crippen LogP) is 1.70. The van der Waals surface area contributed by atoms with Gasteiger partial charge in [0, 0.05) is 13.1 Å². The van der Waals surface area contributed by atoms with Gasteiger partial charge in [-0.25, -0.2) is 0 Å². The molecule has 1 spiro atoms. The fourth-order valence-electron chi connectivity index (χ4n) is 3.33. The molecule has 0 bridgehead atoms. The zero-order valence-electron chi connectivity index (χ0n) is 10.9. The van der Waals surface area contributed by atoms with Crippen LogP contribution in [-0.2, 0) is 4.79 Å². The number of hydrogen-bond donors (Lipinski definition) is 2. The molecular formula is C13H23N3O2. The number of likely N-dealkylation sites (tertiary alicyclic amines) is 1. The maximum Gasteiger partial charge on any atom is 0.230 e. The van der Waals surface area contributed by atoms with Crippen LogP contribution in [-0.4, -0.2) is 34.9 Å².